The van der Waals surface area contributed by atoms with Gasteiger partial charge in [-0.25, -0.2) is 9.59 Å². The van der Waals surface area contributed by atoms with E-state index in [-0.39, 0.29) is 16.6 Å². The van der Waals surface area contributed by atoms with Gasteiger partial charge in [-0.3, -0.25) is 9.36 Å². The Kier molecular flexibility index (Phi) is 2.40. The number of carbonyl (C=O) groups is 3. The van der Waals surface area contributed by atoms with Crippen LogP contribution < -0.4 is 0 Å². The van der Waals surface area contributed by atoms with Gasteiger partial charge in [-0.15, -0.1) is 0 Å². The van der Waals surface area contributed by atoms with Crippen molar-refractivity contribution in [2.45, 2.75) is 0 Å². The minimum atomic E-state index is -1.23. The number of hydrogen-bond donors (Lipinski definition) is 2. The molecule has 0 aliphatic carbocycles. The average molecular weight is 233 g/mol. The number of aromatic carboxylic acids is 1. The highest BCUT2D eigenvalue weighted by Gasteiger charge is 2.14. The number of carboxylic acid groups (broad SMARTS) is 2. The number of carboxylic acids is 1. The lowest BCUT2D eigenvalue weighted by atomic mass is 10.1. The normalized spacial score (nSPS) is 10.4. The van der Waals surface area contributed by atoms with E-state index in [0.717, 1.165) is 10.8 Å². The van der Waals surface area contributed by atoms with Crippen molar-refractivity contribution < 1.29 is 24.6 Å². The molecule has 86 valence electrons. The van der Waals surface area contributed by atoms with Crippen molar-refractivity contribution in [1.29, 1.82) is 0 Å². The zero-order valence-corrected chi connectivity index (χ0v) is 8.45. The molecule has 0 aliphatic heterocycles. The number of rotatable bonds is 2. The fraction of sp³-hybridized carbons (Fsp3) is 0. The van der Waals surface area contributed by atoms with E-state index in [1.807, 2.05) is 0 Å². The van der Waals surface area contributed by atoms with Crippen LogP contribution in [0.2, 0.25) is 0 Å². The van der Waals surface area contributed by atoms with Gasteiger partial charge < -0.3 is 10.2 Å². The molecule has 0 spiro atoms. The van der Waals surface area contributed by atoms with Crippen molar-refractivity contribution in [2.75, 3.05) is 0 Å². The molecule has 1 aromatic carbocycles. The molecule has 2 aromatic rings. The first-order valence-electron chi connectivity index (χ1n) is 4.61. The van der Waals surface area contributed by atoms with Gasteiger partial charge in [-0.2, -0.15) is 0 Å². The van der Waals surface area contributed by atoms with E-state index < -0.39 is 12.1 Å². The van der Waals surface area contributed by atoms with E-state index in [4.69, 9.17) is 10.2 Å². The summed E-state index contributed by atoms with van der Waals surface area (Å²) >= 11 is 0. The van der Waals surface area contributed by atoms with E-state index in [9.17, 15) is 14.4 Å². The number of carbonyl (C=O) groups excluding carboxylic acids is 1. The van der Waals surface area contributed by atoms with Gasteiger partial charge in [0, 0.05) is 17.1 Å². The minimum absolute atomic E-state index is 0.00346. The molecule has 0 radical (unpaired) electrons. The summed E-state index contributed by atoms with van der Waals surface area (Å²) in [6, 6.07) is 3.93. The van der Waals surface area contributed by atoms with Gasteiger partial charge >= 0.3 is 12.1 Å². The Morgan fingerprint density at radius 3 is 2.47 bits per heavy atom. The minimum Gasteiger partial charge on any atom is -0.478 e. The highest BCUT2D eigenvalue weighted by Crippen LogP contribution is 2.21. The Hall–Kier alpha value is -2.63. The zero-order chi connectivity index (χ0) is 12.6. The second-order valence-corrected chi connectivity index (χ2v) is 3.39. The predicted octanol–water partition coefficient (Wildman–Crippen LogP) is 1.68. The van der Waals surface area contributed by atoms with Crippen molar-refractivity contribution in [3.05, 3.63) is 35.5 Å². The number of hydrogen-bond acceptors (Lipinski definition) is 3. The molecule has 1 heterocycles. The summed E-state index contributed by atoms with van der Waals surface area (Å²) in [5, 5.41) is 18.0. The maximum absolute atomic E-state index is 10.9. The van der Waals surface area contributed by atoms with Crippen molar-refractivity contribution in [3.8, 4) is 0 Å². The number of aldehydes is 1. The summed E-state index contributed by atoms with van der Waals surface area (Å²) in [6.07, 6.45) is 0.421. The van der Waals surface area contributed by atoms with Gasteiger partial charge in [0.2, 0.25) is 0 Å². The van der Waals surface area contributed by atoms with E-state index in [0.29, 0.717) is 11.7 Å². The van der Waals surface area contributed by atoms with Crippen molar-refractivity contribution in [2.24, 2.45) is 0 Å². The van der Waals surface area contributed by atoms with Gasteiger partial charge in [0.15, 0.2) is 6.29 Å². The molecule has 0 saturated heterocycles. The second kappa shape index (κ2) is 3.75. The van der Waals surface area contributed by atoms with Gasteiger partial charge in [0.05, 0.1) is 11.1 Å². The van der Waals surface area contributed by atoms with Gasteiger partial charge in [0.25, 0.3) is 0 Å². The monoisotopic (exact) mass is 233 g/mol. The fourth-order valence-corrected chi connectivity index (χ4v) is 1.64. The third kappa shape index (κ3) is 1.65. The molecule has 17 heavy (non-hydrogen) atoms. The summed E-state index contributed by atoms with van der Waals surface area (Å²) in [5.41, 5.74) is 0.429. The first-order valence-corrected chi connectivity index (χ1v) is 4.61. The van der Waals surface area contributed by atoms with Crippen LogP contribution in [-0.2, 0) is 0 Å². The molecule has 0 amide bonds. The van der Waals surface area contributed by atoms with Crippen molar-refractivity contribution in [1.82, 2.24) is 4.57 Å². The maximum atomic E-state index is 10.9. The Bertz CT molecular complexity index is 641. The van der Waals surface area contributed by atoms with Crippen LogP contribution in [0.15, 0.2) is 24.4 Å². The van der Waals surface area contributed by atoms with Crippen LogP contribution in [0.25, 0.3) is 10.9 Å². The number of nitrogens with zero attached hydrogens (tertiary/aromatic N) is 1. The van der Waals surface area contributed by atoms with Crippen LogP contribution in [0.5, 0.6) is 0 Å². The van der Waals surface area contributed by atoms with E-state index in [1.54, 1.807) is 0 Å². The lowest BCUT2D eigenvalue weighted by Crippen LogP contribution is -2.05. The van der Waals surface area contributed by atoms with E-state index in [2.05, 4.69) is 0 Å². The summed E-state index contributed by atoms with van der Waals surface area (Å²) in [4.78, 5) is 32.5. The molecule has 2 rings (SSSR count). The van der Waals surface area contributed by atoms with Crippen LogP contribution in [0, 0.1) is 0 Å². The highest BCUT2D eigenvalue weighted by atomic mass is 16.4. The Balaban J connectivity index is 2.81. The van der Waals surface area contributed by atoms with Crippen LogP contribution in [0.1, 0.15) is 20.7 Å². The molecular formula is C11H7NO5. The van der Waals surface area contributed by atoms with Gasteiger partial charge in [-0.05, 0) is 18.2 Å². The van der Waals surface area contributed by atoms with E-state index in [1.165, 1.54) is 18.2 Å². The Morgan fingerprint density at radius 1 is 1.24 bits per heavy atom. The standard InChI is InChI=1S/C11H7NO5/c13-5-7-4-12(11(16)17)9-2-1-6(10(14)15)3-8(7)9/h1-5H,(H,14,15)(H,16,17). The maximum Gasteiger partial charge on any atom is 0.416 e. The van der Waals surface area contributed by atoms with Crippen molar-refractivity contribution in [3.63, 3.8) is 0 Å². The van der Waals surface area contributed by atoms with Crippen LogP contribution >= 0.6 is 0 Å². The number of aromatic nitrogens is 1. The molecule has 0 atom stereocenters. The van der Waals surface area contributed by atoms with Crippen LogP contribution in [0.3, 0.4) is 0 Å². The SMILES string of the molecule is O=Cc1cn(C(=O)O)c2ccc(C(=O)O)cc12. The highest BCUT2D eigenvalue weighted by molar-refractivity contribution is 6.04. The smallest absolute Gasteiger partial charge is 0.416 e. The quantitative estimate of drug-likeness (QED) is 0.769. The molecule has 0 unspecified atom stereocenters. The zero-order valence-electron chi connectivity index (χ0n) is 8.45. The Labute approximate surface area is 94.7 Å². The first-order chi connectivity index (χ1) is 8.04. The number of benzene rings is 1. The van der Waals surface area contributed by atoms with E-state index >= 15 is 0 Å². The predicted molar refractivity (Wildman–Crippen MR) is 57.7 cm³/mol. The topological polar surface area (TPSA) is 96.6 Å². The molecule has 0 bridgehead atoms. The average Bonchev–Trinajstić information content (AvgIpc) is 2.66. The molecule has 6 nitrogen and oxygen atoms in total. The molecule has 2 N–H and O–H groups in total. The summed E-state index contributed by atoms with van der Waals surface area (Å²) < 4.78 is 0.880. The third-order valence-corrected chi connectivity index (χ3v) is 2.42. The Morgan fingerprint density at radius 2 is 1.94 bits per heavy atom. The fourth-order valence-electron chi connectivity index (χ4n) is 1.64. The summed E-state index contributed by atoms with van der Waals surface area (Å²) in [6.45, 7) is 0. The molecule has 0 saturated carbocycles. The molecule has 0 aliphatic rings. The second-order valence-electron chi connectivity index (χ2n) is 3.39. The van der Waals surface area contributed by atoms with Crippen LogP contribution in [-0.4, -0.2) is 33.1 Å². The molecular weight excluding hydrogens is 226 g/mol. The third-order valence-electron chi connectivity index (χ3n) is 2.42. The molecule has 0 fully saturated rings. The van der Waals surface area contributed by atoms with Gasteiger partial charge in [0.1, 0.15) is 0 Å². The largest absolute Gasteiger partial charge is 0.478 e. The van der Waals surface area contributed by atoms with Crippen molar-refractivity contribution >= 4 is 29.3 Å². The number of fused-ring (bicyclic) bond motifs is 1. The lowest BCUT2D eigenvalue weighted by Gasteiger charge is -1.98. The van der Waals surface area contributed by atoms with Gasteiger partial charge in [-0.1, -0.05) is 0 Å². The lowest BCUT2D eigenvalue weighted by molar-refractivity contribution is 0.0696. The van der Waals surface area contributed by atoms with Crippen LogP contribution in [0.4, 0.5) is 4.79 Å². The summed E-state index contributed by atoms with van der Waals surface area (Å²) in [5.74, 6) is -1.13. The summed E-state index contributed by atoms with van der Waals surface area (Å²) in [7, 11) is 0. The first kappa shape index (κ1) is 10.9. The molecule has 1 aromatic heterocycles. The molecule has 6 heteroatoms.